The smallest absolute Gasteiger partial charge is 0.293 e. The average Bonchev–Trinajstić information content (AvgIpc) is 2.42. The SMILES string of the molecule is CCOC=O.CN1CCC(N2CCCCC2)CC1. The quantitative estimate of drug-likeness (QED) is 0.720. The molecule has 0 N–H and O–H groups in total. The highest BCUT2D eigenvalue weighted by Crippen LogP contribution is 2.19. The third-order valence-electron chi connectivity index (χ3n) is 3.83. The topological polar surface area (TPSA) is 32.8 Å². The van der Waals surface area contributed by atoms with Gasteiger partial charge in [0.25, 0.3) is 6.47 Å². The van der Waals surface area contributed by atoms with Crippen molar-refractivity contribution in [3.8, 4) is 0 Å². The molecule has 0 aromatic heterocycles. The summed E-state index contributed by atoms with van der Waals surface area (Å²) in [6, 6.07) is 0.913. The molecule has 106 valence electrons. The molecule has 18 heavy (non-hydrogen) atoms. The number of likely N-dealkylation sites (tertiary alicyclic amines) is 2. The van der Waals surface area contributed by atoms with E-state index in [4.69, 9.17) is 0 Å². The molecule has 0 aromatic carbocycles. The van der Waals surface area contributed by atoms with Crippen molar-refractivity contribution in [2.24, 2.45) is 0 Å². The highest BCUT2D eigenvalue weighted by molar-refractivity contribution is 5.36. The summed E-state index contributed by atoms with van der Waals surface area (Å²) in [5.41, 5.74) is 0. The summed E-state index contributed by atoms with van der Waals surface area (Å²) in [6.45, 7) is 8.02. The van der Waals surface area contributed by atoms with Gasteiger partial charge < -0.3 is 14.5 Å². The summed E-state index contributed by atoms with van der Waals surface area (Å²) >= 11 is 0. The van der Waals surface area contributed by atoms with Crippen molar-refractivity contribution in [1.82, 2.24) is 9.80 Å². The molecule has 4 heteroatoms. The Bertz CT molecular complexity index is 210. The van der Waals surface area contributed by atoms with Gasteiger partial charge in [-0.05, 0) is 65.8 Å². The normalized spacial score (nSPS) is 23.0. The highest BCUT2D eigenvalue weighted by atomic mass is 16.5. The number of hydrogen-bond acceptors (Lipinski definition) is 4. The van der Waals surface area contributed by atoms with Crippen LogP contribution in [0.5, 0.6) is 0 Å². The van der Waals surface area contributed by atoms with Crippen LogP contribution in [0.15, 0.2) is 0 Å². The van der Waals surface area contributed by atoms with Gasteiger partial charge in [-0.15, -0.1) is 0 Å². The number of piperidine rings is 2. The van der Waals surface area contributed by atoms with Crippen LogP contribution in [0, 0.1) is 0 Å². The van der Waals surface area contributed by atoms with E-state index in [0.29, 0.717) is 13.1 Å². The van der Waals surface area contributed by atoms with Gasteiger partial charge in [0.1, 0.15) is 0 Å². The van der Waals surface area contributed by atoms with E-state index >= 15 is 0 Å². The molecule has 0 saturated carbocycles. The first-order valence-electron chi connectivity index (χ1n) is 7.25. The second-order valence-corrected chi connectivity index (χ2v) is 5.18. The van der Waals surface area contributed by atoms with Crippen LogP contribution in [0.2, 0.25) is 0 Å². The molecule has 2 fully saturated rings. The summed E-state index contributed by atoms with van der Waals surface area (Å²) in [6.07, 6.45) is 7.13. The van der Waals surface area contributed by atoms with Gasteiger partial charge in [-0.25, -0.2) is 0 Å². The van der Waals surface area contributed by atoms with E-state index in [0.717, 1.165) is 6.04 Å². The minimum atomic E-state index is 0.431. The Hall–Kier alpha value is -0.610. The van der Waals surface area contributed by atoms with Gasteiger partial charge >= 0.3 is 0 Å². The first-order chi connectivity index (χ1) is 8.77. The molecular formula is C14H28N2O2. The van der Waals surface area contributed by atoms with E-state index in [1.807, 2.05) is 0 Å². The third-order valence-corrected chi connectivity index (χ3v) is 3.83. The largest absolute Gasteiger partial charge is 0.468 e. The van der Waals surface area contributed by atoms with E-state index in [-0.39, 0.29) is 0 Å². The average molecular weight is 256 g/mol. The van der Waals surface area contributed by atoms with Crippen LogP contribution in [0.4, 0.5) is 0 Å². The van der Waals surface area contributed by atoms with Crippen LogP contribution in [0.25, 0.3) is 0 Å². The standard InChI is InChI=1S/C11H22N2.C3H6O2/c1-12-9-5-11(6-10-12)13-7-3-2-4-8-13;1-2-5-3-4/h11H,2-10H2,1H3;3H,2H2,1H3. The second-order valence-electron chi connectivity index (χ2n) is 5.18. The number of carbonyl (C=O) groups is 1. The summed E-state index contributed by atoms with van der Waals surface area (Å²) in [5, 5.41) is 0. The molecule has 2 heterocycles. The fourth-order valence-electron chi connectivity index (χ4n) is 2.71. The third kappa shape index (κ3) is 5.83. The molecule has 4 nitrogen and oxygen atoms in total. The Morgan fingerprint density at radius 1 is 1.11 bits per heavy atom. The Morgan fingerprint density at radius 3 is 2.17 bits per heavy atom. The summed E-state index contributed by atoms with van der Waals surface area (Å²) in [7, 11) is 2.24. The number of ether oxygens (including phenoxy) is 1. The molecule has 0 spiro atoms. The molecule has 0 aliphatic carbocycles. The lowest BCUT2D eigenvalue weighted by Crippen LogP contribution is -2.45. The molecule has 2 saturated heterocycles. The summed E-state index contributed by atoms with van der Waals surface area (Å²) in [4.78, 5) is 14.4. The van der Waals surface area contributed by atoms with Crippen molar-refractivity contribution >= 4 is 6.47 Å². The number of nitrogens with zero attached hydrogens (tertiary/aromatic N) is 2. The van der Waals surface area contributed by atoms with Crippen LogP contribution in [0.3, 0.4) is 0 Å². The molecule has 2 aliphatic heterocycles. The van der Waals surface area contributed by atoms with Crippen LogP contribution in [-0.2, 0) is 9.53 Å². The maximum atomic E-state index is 9.18. The van der Waals surface area contributed by atoms with Gasteiger partial charge in [0.05, 0.1) is 6.61 Å². The van der Waals surface area contributed by atoms with Crippen LogP contribution < -0.4 is 0 Å². The lowest BCUT2D eigenvalue weighted by molar-refractivity contribution is -0.128. The Balaban J connectivity index is 0.000000280. The van der Waals surface area contributed by atoms with Crippen LogP contribution >= 0.6 is 0 Å². The molecule has 0 aromatic rings. The van der Waals surface area contributed by atoms with Crippen molar-refractivity contribution in [1.29, 1.82) is 0 Å². The maximum Gasteiger partial charge on any atom is 0.293 e. The number of rotatable bonds is 3. The van der Waals surface area contributed by atoms with E-state index in [1.54, 1.807) is 6.92 Å². The van der Waals surface area contributed by atoms with Gasteiger partial charge in [0.15, 0.2) is 0 Å². The van der Waals surface area contributed by atoms with Gasteiger partial charge in [0, 0.05) is 6.04 Å². The van der Waals surface area contributed by atoms with Gasteiger partial charge in [-0.2, -0.15) is 0 Å². The molecule has 2 aliphatic rings. The van der Waals surface area contributed by atoms with E-state index < -0.39 is 0 Å². The lowest BCUT2D eigenvalue weighted by Gasteiger charge is -2.39. The van der Waals surface area contributed by atoms with Crippen molar-refractivity contribution < 1.29 is 9.53 Å². The number of hydrogen-bond donors (Lipinski definition) is 0. The van der Waals surface area contributed by atoms with Crippen LogP contribution in [0.1, 0.15) is 39.0 Å². The van der Waals surface area contributed by atoms with E-state index in [9.17, 15) is 4.79 Å². The molecule has 0 bridgehead atoms. The fraction of sp³-hybridized carbons (Fsp3) is 0.929. The minimum absolute atomic E-state index is 0.431. The van der Waals surface area contributed by atoms with E-state index in [2.05, 4.69) is 21.6 Å². The molecular weight excluding hydrogens is 228 g/mol. The van der Waals surface area contributed by atoms with Crippen molar-refractivity contribution in [3.05, 3.63) is 0 Å². The Labute approximate surface area is 111 Å². The Kier molecular flexibility index (Phi) is 8.01. The molecule has 0 amide bonds. The monoisotopic (exact) mass is 256 g/mol. The molecule has 0 unspecified atom stereocenters. The van der Waals surface area contributed by atoms with Gasteiger partial charge in [-0.1, -0.05) is 6.42 Å². The minimum Gasteiger partial charge on any atom is -0.468 e. The van der Waals surface area contributed by atoms with Crippen molar-refractivity contribution in [3.63, 3.8) is 0 Å². The first kappa shape index (κ1) is 15.4. The zero-order chi connectivity index (χ0) is 13.2. The molecule has 0 atom stereocenters. The fourth-order valence-corrected chi connectivity index (χ4v) is 2.71. The van der Waals surface area contributed by atoms with Crippen LogP contribution in [-0.4, -0.2) is 62.1 Å². The van der Waals surface area contributed by atoms with E-state index in [1.165, 1.54) is 58.3 Å². The summed E-state index contributed by atoms with van der Waals surface area (Å²) < 4.78 is 4.15. The Morgan fingerprint density at radius 2 is 1.72 bits per heavy atom. The van der Waals surface area contributed by atoms with Crippen molar-refractivity contribution in [2.45, 2.75) is 45.1 Å². The highest BCUT2D eigenvalue weighted by Gasteiger charge is 2.23. The second kappa shape index (κ2) is 9.34. The zero-order valence-corrected chi connectivity index (χ0v) is 11.9. The maximum absolute atomic E-state index is 9.18. The predicted molar refractivity (Wildman–Crippen MR) is 73.6 cm³/mol. The van der Waals surface area contributed by atoms with Gasteiger partial charge in [-0.3, -0.25) is 4.79 Å². The van der Waals surface area contributed by atoms with Crippen molar-refractivity contribution in [2.75, 3.05) is 39.8 Å². The zero-order valence-electron chi connectivity index (χ0n) is 11.9. The summed E-state index contributed by atoms with van der Waals surface area (Å²) in [5.74, 6) is 0. The molecule has 0 radical (unpaired) electrons. The predicted octanol–water partition coefficient (Wildman–Crippen LogP) is 1.75. The number of carbonyl (C=O) groups excluding carboxylic acids is 1. The first-order valence-corrected chi connectivity index (χ1v) is 7.25. The molecule has 2 rings (SSSR count). The lowest BCUT2D eigenvalue weighted by atomic mass is 10.0. The van der Waals surface area contributed by atoms with Gasteiger partial charge in [0.2, 0.25) is 0 Å².